The van der Waals surface area contributed by atoms with E-state index in [0.717, 1.165) is 3.57 Å². The molecule has 0 saturated heterocycles. The molecule has 3 nitrogen and oxygen atoms in total. The average molecular weight is 417 g/mol. The number of methoxy groups -OCH3 is 1. The molecule has 2 rings (SSSR count). The molecule has 0 N–H and O–H groups in total. The van der Waals surface area contributed by atoms with E-state index < -0.39 is 0 Å². The van der Waals surface area contributed by atoms with Crippen LogP contribution in [0, 0.1) is 3.57 Å². The summed E-state index contributed by atoms with van der Waals surface area (Å²) in [5.41, 5.74) is 1.06. The van der Waals surface area contributed by atoms with E-state index in [1.165, 1.54) is 0 Å². The number of hydrogen-bond acceptors (Lipinski definition) is 3. The van der Waals surface area contributed by atoms with Gasteiger partial charge in [-0.2, -0.15) is 0 Å². The van der Waals surface area contributed by atoms with Crippen LogP contribution in [0.15, 0.2) is 42.5 Å². The van der Waals surface area contributed by atoms with Crippen LogP contribution in [-0.4, -0.2) is 26.1 Å². The summed E-state index contributed by atoms with van der Waals surface area (Å²) in [6.45, 7) is 0.867. The second-order valence-electron chi connectivity index (χ2n) is 4.30. The van der Waals surface area contributed by atoms with Gasteiger partial charge in [-0.3, -0.25) is 4.79 Å². The van der Waals surface area contributed by atoms with Crippen molar-refractivity contribution in [2.75, 3.05) is 20.3 Å². The number of benzene rings is 2. The minimum atomic E-state index is -0.110. The van der Waals surface area contributed by atoms with Gasteiger partial charge in [0.1, 0.15) is 12.4 Å². The summed E-state index contributed by atoms with van der Waals surface area (Å²) >= 11 is 8.21. The van der Waals surface area contributed by atoms with Crippen LogP contribution in [0.5, 0.6) is 5.75 Å². The number of carbonyl (C=O) groups is 1. The Hall–Kier alpha value is -1.11. The Morgan fingerprint density at radius 1 is 1.19 bits per heavy atom. The van der Waals surface area contributed by atoms with Gasteiger partial charge in [-0.1, -0.05) is 23.7 Å². The molecule has 0 atom stereocenters. The Balaban J connectivity index is 2.27. The van der Waals surface area contributed by atoms with Crippen molar-refractivity contribution in [3.63, 3.8) is 0 Å². The predicted octanol–water partition coefficient (Wildman–Crippen LogP) is 4.20. The van der Waals surface area contributed by atoms with Crippen molar-refractivity contribution in [1.29, 1.82) is 0 Å². The highest BCUT2D eigenvalue weighted by atomic mass is 127. The van der Waals surface area contributed by atoms with Crippen LogP contribution < -0.4 is 4.74 Å². The fraction of sp³-hybridized carbons (Fsp3) is 0.188. The third kappa shape index (κ3) is 4.18. The third-order valence-electron chi connectivity index (χ3n) is 2.86. The van der Waals surface area contributed by atoms with Gasteiger partial charge >= 0.3 is 0 Å². The number of rotatable bonds is 6. The molecule has 0 amide bonds. The van der Waals surface area contributed by atoms with Gasteiger partial charge in [0.2, 0.25) is 0 Å². The van der Waals surface area contributed by atoms with Crippen LogP contribution >= 0.6 is 34.2 Å². The van der Waals surface area contributed by atoms with E-state index in [4.69, 9.17) is 21.1 Å². The molecule has 0 bridgehead atoms. The SMILES string of the molecule is COCCOc1ccccc1C(=O)c1ccc(I)c(Cl)c1. The van der Waals surface area contributed by atoms with Gasteiger partial charge in [-0.25, -0.2) is 0 Å². The second kappa shape index (κ2) is 7.77. The zero-order valence-corrected chi connectivity index (χ0v) is 14.3. The Morgan fingerprint density at radius 2 is 1.95 bits per heavy atom. The highest BCUT2D eigenvalue weighted by Gasteiger charge is 2.15. The van der Waals surface area contributed by atoms with E-state index in [0.29, 0.717) is 35.1 Å². The standard InChI is InChI=1S/C16H14ClIO3/c1-20-8-9-21-15-5-3-2-4-12(15)16(19)11-6-7-14(18)13(17)10-11/h2-7,10H,8-9H2,1H3. The minimum Gasteiger partial charge on any atom is -0.490 e. The molecule has 0 saturated carbocycles. The maximum absolute atomic E-state index is 12.6. The van der Waals surface area contributed by atoms with E-state index in [-0.39, 0.29) is 5.78 Å². The summed E-state index contributed by atoms with van der Waals surface area (Å²) in [6.07, 6.45) is 0. The third-order valence-corrected chi connectivity index (χ3v) is 4.43. The fourth-order valence-corrected chi connectivity index (χ4v) is 2.32. The van der Waals surface area contributed by atoms with Crippen LogP contribution in [0.2, 0.25) is 5.02 Å². The van der Waals surface area contributed by atoms with E-state index in [2.05, 4.69) is 22.6 Å². The summed E-state index contributed by atoms with van der Waals surface area (Å²) in [5, 5.41) is 0.569. The van der Waals surface area contributed by atoms with Gasteiger partial charge in [0, 0.05) is 16.2 Å². The Morgan fingerprint density at radius 3 is 2.67 bits per heavy atom. The summed E-state index contributed by atoms with van der Waals surface area (Å²) in [5.74, 6) is 0.440. The molecule has 0 heterocycles. The number of carbonyl (C=O) groups excluding carboxylic acids is 1. The molecule has 0 unspecified atom stereocenters. The van der Waals surface area contributed by atoms with Crippen LogP contribution in [0.3, 0.4) is 0 Å². The summed E-state index contributed by atoms with van der Waals surface area (Å²) in [4.78, 5) is 12.6. The second-order valence-corrected chi connectivity index (χ2v) is 5.86. The van der Waals surface area contributed by atoms with Gasteiger partial charge < -0.3 is 9.47 Å². The molecule has 2 aromatic carbocycles. The molecule has 110 valence electrons. The Labute approximate surface area is 142 Å². The van der Waals surface area contributed by atoms with Crippen LogP contribution in [0.1, 0.15) is 15.9 Å². The highest BCUT2D eigenvalue weighted by Crippen LogP contribution is 2.25. The van der Waals surface area contributed by atoms with Crippen molar-refractivity contribution in [1.82, 2.24) is 0 Å². The maximum Gasteiger partial charge on any atom is 0.196 e. The Kier molecular flexibility index (Phi) is 6.02. The topological polar surface area (TPSA) is 35.5 Å². The number of hydrogen-bond donors (Lipinski definition) is 0. The monoisotopic (exact) mass is 416 g/mol. The first-order chi connectivity index (χ1) is 10.1. The average Bonchev–Trinajstić information content (AvgIpc) is 2.50. The first kappa shape index (κ1) is 16.3. The van der Waals surface area contributed by atoms with Crippen molar-refractivity contribution in [3.8, 4) is 5.75 Å². The van der Waals surface area contributed by atoms with Gasteiger partial charge in [0.05, 0.1) is 17.2 Å². The first-order valence-electron chi connectivity index (χ1n) is 6.34. The molecule has 0 aliphatic rings. The van der Waals surface area contributed by atoms with Crippen molar-refractivity contribution < 1.29 is 14.3 Å². The first-order valence-corrected chi connectivity index (χ1v) is 7.79. The van der Waals surface area contributed by atoms with Gasteiger partial charge in [-0.15, -0.1) is 0 Å². The quantitative estimate of drug-likeness (QED) is 0.402. The number of halogens is 2. The van der Waals surface area contributed by atoms with Gasteiger partial charge in [0.15, 0.2) is 5.78 Å². The zero-order valence-electron chi connectivity index (χ0n) is 11.4. The van der Waals surface area contributed by atoms with Crippen molar-refractivity contribution >= 4 is 40.0 Å². The van der Waals surface area contributed by atoms with Crippen LogP contribution in [0.25, 0.3) is 0 Å². The van der Waals surface area contributed by atoms with Gasteiger partial charge in [0.25, 0.3) is 0 Å². The lowest BCUT2D eigenvalue weighted by atomic mass is 10.0. The normalized spacial score (nSPS) is 10.4. The van der Waals surface area contributed by atoms with E-state index in [9.17, 15) is 4.79 Å². The van der Waals surface area contributed by atoms with Crippen molar-refractivity contribution in [2.24, 2.45) is 0 Å². The molecule has 0 fully saturated rings. The van der Waals surface area contributed by atoms with E-state index in [1.54, 1.807) is 31.4 Å². The molecular weight excluding hydrogens is 403 g/mol. The molecule has 0 aliphatic carbocycles. The van der Waals surface area contributed by atoms with Gasteiger partial charge in [-0.05, 0) is 52.9 Å². The molecular formula is C16H14ClIO3. The predicted molar refractivity (Wildman–Crippen MR) is 91.4 cm³/mol. The van der Waals surface area contributed by atoms with Crippen LogP contribution in [-0.2, 0) is 4.74 Å². The number of ketones is 1. The van der Waals surface area contributed by atoms with E-state index in [1.807, 2.05) is 18.2 Å². The summed E-state index contributed by atoms with van der Waals surface area (Å²) < 4.78 is 11.5. The molecule has 2 aromatic rings. The lowest BCUT2D eigenvalue weighted by Crippen LogP contribution is -2.09. The molecule has 0 radical (unpaired) electrons. The minimum absolute atomic E-state index is 0.110. The molecule has 0 spiro atoms. The Bertz CT molecular complexity index is 643. The number of ether oxygens (including phenoxy) is 2. The summed E-state index contributed by atoms with van der Waals surface area (Å²) in [6, 6.07) is 12.4. The zero-order chi connectivity index (χ0) is 15.2. The van der Waals surface area contributed by atoms with Crippen LogP contribution in [0.4, 0.5) is 0 Å². The number of para-hydroxylation sites is 1. The molecule has 21 heavy (non-hydrogen) atoms. The maximum atomic E-state index is 12.6. The molecule has 5 heteroatoms. The molecule has 0 aromatic heterocycles. The van der Waals surface area contributed by atoms with E-state index >= 15 is 0 Å². The largest absolute Gasteiger partial charge is 0.490 e. The lowest BCUT2D eigenvalue weighted by molar-refractivity contribution is 0.103. The van der Waals surface area contributed by atoms with Crippen molar-refractivity contribution in [2.45, 2.75) is 0 Å². The fourth-order valence-electron chi connectivity index (χ4n) is 1.81. The van der Waals surface area contributed by atoms with Crippen molar-refractivity contribution in [3.05, 3.63) is 62.2 Å². The summed E-state index contributed by atoms with van der Waals surface area (Å²) in [7, 11) is 1.61. The molecule has 0 aliphatic heterocycles. The lowest BCUT2D eigenvalue weighted by Gasteiger charge is -2.10. The highest BCUT2D eigenvalue weighted by molar-refractivity contribution is 14.1. The smallest absolute Gasteiger partial charge is 0.196 e.